The number of nitrogens with zero attached hydrogens (tertiary/aromatic N) is 2. The molecule has 0 bridgehead atoms. The van der Waals surface area contributed by atoms with Crippen LogP contribution in [0.3, 0.4) is 0 Å². The molecule has 0 unspecified atom stereocenters. The Morgan fingerprint density at radius 3 is 2.54 bits per heavy atom. The van der Waals surface area contributed by atoms with E-state index < -0.39 is 5.41 Å². The lowest BCUT2D eigenvalue weighted by Gasteiger charge is -2.17. The second-order valence-electron chi connectivity index (χ2n) is 6.61. The minimum atomic E-state index is -0.878. The normalized spacial score (nSPS) is 16.1. The molecule has 1 heterocycles. The fraction of sp³-hybridized carbons (Fsp3) is 0.421. The van der Waals surface area contributed by atoms with Crippen LogP contribution in [-0.2, 0) is 4.79 Å². The van der Waals surface area contributed by atoms with Gasteiger partial charge in [-0.3, -0.25) is 4.79 Å². The number of hydrogen-bond donors (Lipinski definition) is 1. The summed E-state index contributed by atoms with van der Waals surface area (Å²) in [6.45, 7) is 4.25. The Bertz CT molecular complexity index is 768. The van der Waals surface area contributed by atoms with E-state index in [2.05, 4.69) is 30.2 Å². The molecule has 2 aromatic rings. The molecule has 0 radical (unpaired) electrons. The monoisotopic (exact) mass is 339 g/mol. The van der Waals surface area contributed by atoms with Crippen molar-refractivity contribution in [2.45, 2.75) is 45.4 Å². The summed E-state index contributed by atoms with van der Waals surface area (Å²) in [6.07, 6.45) is 3.16. The topological polar surface area (TPSA) is 65.8 Å². The van der Waals surface area contributed by atoms with E-state index in [0.717, 1.165) is 29.0 Å². The lowest BCUT2D eigenvalue weighted by Crippen LogP contribution is -2.32. The summed E-state index contributed by atoms with van der Waals surface area (Å²) < 4.78 is 0. The van der Waals surface area contributed by atoms with Crippen molar-refractivity contribution < 1.29 is 4.79 Å². The van der Waals surface area contributed by atoms with Crippen LogP contribution in [0.2, 0.25) is 0 Å². The van der Waals surface area contributed by atoms with E-state index in [1.165, 1.54) is 11.3 Å². The first-order valence-corrected chi connectivity index (χ1v) is 9.16. The molecule has 1 N–H and O–H groups in total. The van der Waals surface area contributed by atoms with E-state index >= 15 is 0 Å². The first-order chi connectivity index (χ1) is 11.6. The van der Waals surface area contributed by atoms with Crippen molar-refractivity contribution in [2.75, 3.05) is 5.32 Å². The first-order valence-electron chi connectivity index (χ1n) is 8.34. The predicted octanol–water partition coefficient (Wildman–Crippen LogP) is 4.96. The molecule has 24 heavy (non-hydrogen) atoms. The van der Waals surface area contributed by atoms with Crippen molar-refractivity contribution >= 4 is 22.4 Å². The number of thiazole rings is 1. The Kier molecular flexibility index (Phi) is 4.68. The number of hydrogen-bond acceptors (Lipinski definition) is 4. The van der Waals surface area contributed by atoms with Crippen molar-refractivity contribution in [2.24, 2.45) is 5.41 Å². The van der Waals surface area contributed by atoms with E-state index in [9.17, 15) is 10.1 Å². The zero-order valence-electron chi connectivity index (χ0n) is 14.0. The number of aromatic nitrogens is 1. The summed E-state index contributed by atoms with van der Waals surface area (Å²) in [7, 11) is 0. The van der Waals surface area contributed by atoms with Crippen molar-refractivity contribution in [3.63, 3.8) is 0 Å². The zero-order chi connectivity index (χ0) is 17.2. The highest BCUT2D eigenvalue weighted by molar-refractivity contribution is 7.16. The standard InChI is InChI=1S/C19H21N3OS/c1-13(2)16-15(14-8-4-3-5-9-14)21-18(24-16)22-17(23)19(12-20)10-6-7-11-19/h3-5,8-9,13H,6-7,10-11H2,1-2H3,(H,21,22,23). The van der Waals surface area contributed by atoms with Gasteiger partial charge in [0, 0.05) is 10.4 Å². The molecule has 1 aromatic heterocycles. The summed E-state index contributed by atoms with van der Waals surface area (Å²) in [5, 5.41) is 13.0. The van der Waals surface area contributed by atoms with Gasteiger partial charge in [0.15, 0.2) is 5.13 Å². The van der Waals surface area contributed by atoms with Crippen LogP contribution in [0.25, 0.3) is 11.3 Å². The molecule has 1 aliphatic rings. The zero-order valence-corrected chi connectivity index (χ0v) is 14.8. The lowest BCUT2D eigenvalue weighted by molar-refractivity contribution is -0.122. The maximum atomic E-state index is 12.6. The molecule has 4 nitrogen and oxygen atoms in total. The molecule has 0 atom stereocenters. The van der Waals surface area contributed by atoms with Gasteiger partial charge in [-0.25, -0.2) is 4.98 Å². The molecule has 1 fully saturated rings. The molecule has 1 saturated carbocycles. The van der Waals surface area contributed by atoms with Gasteiger partial charge in [-0.2, -0.15) is 5.26 Å². The highest BCUT2D eigenvalue weighted by Gasteiger charge is 2.42. The molecule has 0 saturated heterocycles. The van der Waals surface area contributed by atoms with Gasteiger partial charge in [0.1, 0.15) is 5.41 Å². The van der Waals surface area contributed by atoms with Gasteiger partial charge in [0.25, 0.3) is 0 Å². The molecule has 3 rings (SSSR count). The maximum Gasteiger partial charge on any atom is 0.246 e. The second-order valence-corrected chi connectivity index (χ2v) is 7.64. The van der Waals surface area contributed by atoms with Crippen molar-refractivity contribution in [1.82, 2.24) is 4.98 Å². The first kappa shape index (κ1) is 16.7. The average Bonchev–Trinajstić information content (AvgIpc) is 3.23. The van der Waals surface area contributed by atoms with Gasteiger partial charge in [0.2, 0.25) is 5.91 Å². The quantitative estimate of drug-likeness (QED) is 0.856. The molecular formula is C19H21N3OS. The van der Waals surface area contributed by atoms with Gasteiger partial charge in [-0.05, 0) is 18.8 Å². The van der Waals surface area contributed by atoms with Crippen LogP contribution >= 0.6 is 11.3 Å². The van der Waals surface area contributed by atoms with Crippen LogP contribution in [0.15, 0.2) is 30.3 Å². The van der Waals surface area contributed by atoms with Crippen LogP contribution in [0.1, 0.15) is 50.3 Å². The second kappa shape index (κ2) is 6.74. The van der Waals surface area contributed by atoms with Gasteiger partial charge in [-0.15, -0.1) is 11.3 Å². The molecular weight excluding hydrogens is 318 g/mol. The summed E-state index contributed by atoms with van der Waals surface area (Å²) in [5.74, 6) is 0.117. The molecule has 0 aliphatic heterocycles. The highest BCUT2D eigenvalue weighted by atomic mass is 32.1. The van der Waals surface area contributed by atoms with Gasteiger partial charge >= 0.3 is 0 Å². The smallest absolute Gasteiger partial charge is 0.246 e. The number of carbonyl (C=O) groups is 1. The molecule has 5 heteroatoms. The molecule has 1 aliphatic carbocycles. The summed E-state index contributed by atoms with van der Waals surface area (Å²) >= 11 is 1.51. The minimum Gasteiger partial charge on any atom is -0.301 e. The van der Waals surface area contributed by atoms with Crippen molar-refractivity contribution in [3.05, 3.63) is 35.2 Å². The average molecular weight is 339 g/mol. The van der Waals surface area contributed by atoms with Crippen LogP contribution in [0.4, 0.5) is 5.13 Å². The predicted molar refractivity (Wildman–Crippen MR) is 96.8 cm³/mol. The van der Waals surface area contributed by atoms with Crippen LogP contribution in [0.5, 0.6) is 0 Å². The number of amides is 1. The number of benzene rings is 1. The fourth-order valence-electron chi connectivity index (χ4n) is 3.16. The van der Waals surface area contributed by atoms with E-state index in [0.29, 0.717) is 23.9 Å². The maximum absolute atomic E-state index is 12.6. The van der Waals surface area contributed by atoms with Gasteiger partial charge in [0.05, 0.1) is 11.8 Å². The summed E-state index contributed by atoms with van der Waals surface area (Å²) in [5.41, 5.74) is 1.09. The van der Waals surface area contributed by atoms with Crippen molar-refractivity contribution in [3.8, 4) is 17.3 Å². The van der Waals surface area contributed by atoms with Gasteiger partial charge < -0.3 is 5.32 Å². The number of rotatable bonds is 4. The van der Waals surface area contributed by atoms with Crippen molar-refractivity contribution in [1.29, 1.82) is 5.26 Å². The Balaban J connectivity index is 1.90. The lowest BCUT2D eigenvalue weighted by atomic mass is 9.87. The number of carbonyl (C=O) groups excluding carboxylic acids is 1. The fourth-order valence-corrected chi connectivity index (χ4v) is 4.15. The van der Waals surface area contributed by atoms with Crippen LogP contribution in [0, 0.1) is 16.7 Å². The molecule has 0 spiro atoms. The number of nitriles is 1. The third kappa shape index (κ3) is 3.07. The Morgan fingerprint density at radius 1 is 1.29 bits per heavy atom. The van der Waals surface area contributed by atoms with E-state index in [4.69, 9.17) is 0 Å². The van der Waals surface area contributed by atoms with E-state index in [-0.39, 0.29) is 5.91 Å². The SMILES string of the molecule is CC(C)c1sc(NC(=O)C2(C#N)CCCC2)nc1-c1ccccc1. The molecule has 124 valence electrons. The largest absolute Gasteiger partial charge is 0.301 e. The summed E-state index contributed by atoms with van der Waals surface area (Å²) in [4.78, 5) is 18.4. The van der Waals surface area contributed by atoms with Gasteiger partial charge in [-0.1, -0.05) is 57.0 Å². The molecule has 1 amide bonds. The Hall–Kier alpha value is -2.19. The minimum absolute atomic E-state index is 0.203. The number of anilines is 1. The molecule has 1 aromatic carbocycles. The highest BCUT2D eigenvalue weighted by Crippen LogP contribution is 2.40. The third-order valence-corrected chi connectivity index (χ3v) is 5.82. The Morgan fingerprint density at radius 2 is 1.96 bits per heavy atom. The number of nitrogens with one attached hydrogen (secondary N) is 1. The van der Waals surface area contributed by atoms with Crippen LogP contribution < -0.4 is 5.32 Å². The summed E-state index contributed by atoms with van der Waals surface area (Å²) in [6, 6.07) is 12.2. The van der Waals surface area contributed by atoms with Crippen LogP contribution in [-0.4, -0.2) is 10.9 Å². The Labute approximate surface area is 146 Å². The van der Waals surface area contributed by atoms with E-state index in [1.54, 1.807) is 0 Å². The van der Waals surface area contributed by atoms with E-state index in [1.807, 2.05) is 30.3 Å². The third-order valence-electron chi connectivity index (χ3n) is 4.55.